The van der Waals surface area contributed by atoms with Gasteiger partial charge in [0, 0.05) is 0 Å². The van der Waals surface area contributed by atoms with Gasteiger partial charge in [-0.15, -0.1) is 5.60 Å². The topological polar surface area (TPSA) is 54.0 Å². The zero-order valence-corrected chi connectivity index (χ0v) is 20.2. The molecule has 0 fully saturated rings. The molecule has 0 heterocycles. The normalized spacial score (nSPS) is 13.4. The maximum absolute atomic E-state index is 10.1. The molecule has 0 aliphatic rings. The van der Waals surface area contributed by atoms with Crippen molar-refractivity contribution in [3.8, 4) is 0 Å². The predicted molar refractivity (Wildman–Crippen MR) is 84.1 cm³/mol. The van der Waals surface area contributed by atoms with Gasteiger partial charge >= 0.3 is 51.4 Å². The number of hydrogen-bond donors (Lipinski definition) is 0. The van der Waals surface area contributed by atoms with Gasteiger partial charge in [0.25, 0.3) is 0 Å². The Labute approximate surface area is 180 Å². The Morgan fingerprint density at radius 2 is 0.682 bits per heavy atom. The summed E-state index contributed by atoms with van der Waals surface area (Å²) >= 11 is 0. The molecule has 0 amide bonds. The summed E-state index contributed by atoms with van der Waals surface area (Å²) < 4.78 is 0. The molecule has 22 heavy (non-hydrogen) atoms. The molecule has 0 unspecified atom stereocenters. The smallest absolute Gasteiger partial charge is 0.850 e. The molecule has 0 saturated carbocycles. The molecular weight excluding hydrogens is 309 g/mol. The van der Waals surface area contributed by atoms with Crippen LogP contribution in [-0.4, -0.2) is 27.8 Å². The zero-order chi connectivity index (χ0) is 17.7. The molecular formula is C16H36KNO4. The van der Waals surface area contributed by atoms with Gasteiger partial charge in [0.05, 0.1) is 22.2 Å². The van der Waals surface area contributed by atoms with E-state index in [4.69, 9.17) is 14.5 Å². The van der Waals surface area contributed by atoms with Crippen molar-refractivity contribution in [2.75, 3.05) is 0 Å². The second-order valence-electron chi connectivity index (χ2n) is 8.95. The molecule has 0 radical (unpaired) electrons. The Bertz CT molecular complexity index is 238. The molecule has 0 aromatic rings. The summed E-state index contributed by atoms with van der Waals surface area (Å²) in [6.45, 7) is 22.4. The minimum absolute atomic E-state index is 0. The van der Waals surface area contributed by atoms with Crippen molar-refractivity contribution in [3.63, 3.8) is 0 Å². The molecule has 0 aromatic heterocycles. The zero-order valence-electron chi connectivity index (χ0n) is 17.1. The van der Waals surface area contributed by atoms with Gasteiger partial charge in [-0.05, 0) is 62.3 Å². The van der Waals surface area contributed by atoms with Crippen molar-refractivity contribution in [1.82, 2.24) is 5.39 Å². The standard InChI is InChI=1S/C12H27NO3.C4H9O.K/c1-10(2,3)14-13(15-11(4,5)6)16-12(7,8)9;1-4(2,3)5;/h1-9H3;1-3H3;/q;-1;+1. The van der Waals surface area contributed by atoms with Gasteiger partial charge in [-0.2, -0.15) is 0 Å². The minimum Gasteiger partial charge on any atom is -0.850 e. The first kappa shape index (κ1) is 28.2. The molecule has 0 aromatic carbocycles. The second kappa shape index (κ2) is 10.4. The van der Waals surface area contributed by atoms with Gasteiger partial charge in [0.15, 0.2) is 0 Å². The van der Waals surface area contributed by atoms with Crippen LogP contribution in [0.1, 0.15) is 83.1 Å². The Balaban J connectivity index is -0.000000520. The molecule has 0 bridgehead atoms. The molecule has 5 nitrogen and oxygen atoms in total. The van der Waals surface area contributed by atoms with Gasteiger partial charge < -0.3 is 5.11 Å². The quantitative estimate of drug-likeness (QED) is 0.555. The van der Waals surface area contributed by atoms with Crippen molar-refractivity contribution in [3.05, 3.63) is 0 Å². The van der Waals surface area contributed by atoms with Crippen LogP contribution in [-0.2, 0) is 14.5 Å². The van der Waals surface area contributed by atoms with Crippen LogP contribution in [0.3, 0.4) is 0 Å². The molecule has 0 N–H and O–H groups in total. The molecule has 0 aliphatic heterocycles. The maximum Gasteiger partial charge on any atom is 1.00 e. The summed E-state index contributed by atoms with van der Waals surface area (Å²) in [4.78, 5) is 16.7. The van der Waals surface area contributed by atoms with Crippen LogP contribution >= 0.6 is 0 Å². The summed E-state index contributed by atoms with van der Waals surface area (Å²) in [5, 5.41) is 11.2. The SMILES string of the molecule is CC(C)(C)ON(OC(C)(C)C)OC(C)(C)C.CC(C)(C)[O-].[K+]. The first-order valence-corrected chi connectivity index (χ1v) is 7.36. The van der Waals surface area contributed by atoms with Crippen LogP contribution in [0.15, 0.2) is 0 Å². The van der Waals surface area contributed by atoms with Gasteiger partial charge in [0.2, 0.25) is 0 Å². The predicted octanol–water partition coefficient (Wildman–Crippen LogP) is 0.628. The molecule has 130 valence electrons. The minimum atomic E-state index is -0.750. The largest absolute Gasteiger partial charge is 1.00 e. The third kappa shape index (κ3) is 33.1. The van der Waals surface area contributed by atoms with Gasteiger partial charge in [-0.3, -0.25) is 0 Å². The molecule has 0 rings (SSSR count). The van der Waals surface area contributed by atoms with Crippen LogP contribution in [0.5, 0.6) is 0 Å². The first-order chi connectivity index (χ1) is 8.79. The van der Waals surface area contributed by atoms with Crippen molar-refractivity contribution in [2.45, 2.75) is 105 Å². The Kier molecular flexibility index (Phi) is 13.4. The van der Waals surface area contributed by atoms with E-state index in [0.717, 1.165) is 5.39 Å². The van der Waals surface area contributed by atoms with Crippen LogP contribution in [0, 0.1) is 0 Å². The monoisotopic (exact) mass is 345 g/mol. The van der Waals surface area contributed by atoms with E-state index in [9.17, 15) is 5.11 Å². The van der Waals surface area contributed by atoms with Crippen molar-refractivity contribution < 1.29 is 71.0 Å². The average Bonchev–Trinajstić information content (AvgIpc) is 1.86. The van der Waals surface area contributed by atoms with Crippen molar-refractivity contribution in [2.24, 2.45) is 0 Å². The summed E-state index contributed by atoms with van der Waals surface area (Å²) in [6, 6.07) is 0. The van der Waals surface area contributed by atoms with Crippen LogP contribution < -0.4 is 56.5 Å². The molecule has 0 atom stereocenters. The summed E-state index contributed by atoms with van der Waals surface area (Å²) in [7, 11) is 0. The summed E-state index contributed by atoms with van der Waals surface area (Å²) in [5.74, 6) is 0. The average molecular weight is 346 g/mol. The molecule has 0 spiro atoms. The van der Waals surface area contributed by atoms with Gasteiger partial charge in [-0.25, -0.2) is 14.5 Å². The fourth-order valence-electron chi connectivity index (χ4n) is 0.727. The first-order valence-electron chi connectivity index (χ1n) is 7.36. The molecule has 6 heteroatoms. The van der Waals surface area contributed by atoms with Crippen LogP contribution in [0.2, 0.25) is 0 Å². The number of hydrogen-bond acceptors (Lipinski definition) is 5. The third-order valence-electron chi connectivity index (χ3n) is 1.05. The van der Waals surface area contributed by atoms with E-state index >= 15 is 0 Å². The number of nitrogens with zero attached hydrogens (tertiary/aromatic N) is 1. The van der Waals surface area contributed by atoms with Gasteiger partial charge in [0.1, 0.15) is 0 Å². The van der Waals surface area contributed by atoms with E-state index in [1.165, 1.54) is 0 Å². The summed E-state index contributed by atoms with van der Waals surface area (Å²) in [5.41, 5.74) is -1.84. The Morgan fingerprint density at radius 3 is 0.773 bits per heavy atom. The molecule has 0 saturated heterocycles. The Morgan fingerprint density at radius 1 is 0.545 bits per heavy atom. The van der Waals surface area contributed by atoms with Crippen LogP contribution in [0.25, 0.3) is 0 Å². The second-order valence-corrected chi connectivity index (χ2v) is 8.95. The van der Waals surface area contributed by atoms with E-state index in [0.29, 0.717) is 0 Å². The van der Waals surface area contributed by atoms with E-state index in [2.05, 4.69) is 0 Å². The fourth-order valence-corrected chi connectivity index (χ4v) is 0.727. The van der Waals surface area contributed by atoms with Crippen molar-refractivity contribution >= 4 is 0 Å². The fraction of sp³-hybridized carbons (Fsp3) is 1.00. The van der Waals surface area contributed by atoms with Crippen LogP contribution in [0.4, 0.5) is 0 Å². The van der Waals surface area contributed by atoms with E-state index in [1.54, 1.807) is 20.8 Å². The van der Waals surface area contributed by atoms with Gasteiger partial charge in [-0.1, -0.05) is 20.8 Å². The third-order valence-corrected chi connectivity index (χ3v) is 1.05. The molecule has 0 aliphatic carbocycles. The summed E-state index contributed by atoms with van der Waals surface area (Å²) in [6.07, 6.45) is 0. The van der Waals surface area contributed by atoms with Crippen molar-refractivity contribution in [1.29, 1.82) is 0 Å². The van der Waals surface area contributed by atoms with E-state index in [-0.39, 0.29) is 68.2 Å². The van der Waals surface area contributed by atoms with E-state index < -0.39 is 5.60 Å². The number of rotatable bonds is 3. The Hall–Kier alpha value is 1.44. The maximum atomic E-state index is 10.1. The van der Waals surface area contributed by atoms with E-state index in [1.807, 2.05) is 62.3 Å².